The summed E-state index contributed by atoms with van der Waals surface area (Å²) in [5, 5.41) is 7.32. The maximum Gasteiger partial charge on any atom is 0.251 e. The van der Waals surface area contributed by atoms with Crippen LogP contribution in [0.2, 0.25) is 0 Å². The molecule has 0 saturated carbocycles. The van der Waals surface area contributed by atoms with Crippen molar-refractivity contribution in [1.82, 2.24) is 20.0 Å². The number of amides is 1. The average Bonchev–Trinajstić information content (AvgIpc) is 3.26. The van der Waals surface area contributed by atoms with Gasteiger partial charge in [-0.25, -0.2) is 0 Å². The van der Waals surface area contributed by atoms with E-state index in [0.717, 1.165) is 30.8 Å². The van der Waals surface area contributed by atoms with Gasteiger partial charge in [-0.05, 0) is 48.7 Å². The number of rotatable bonds is 7. The van der Waals surface area contributed by atoms with E-state index in [1.165, 1.54) is 5.56 Å². The summed E-state index contributed by atoms with van der Waals surface area (Å²) in [5.41, 5.74) is 4.13. The smallest absolute Gasteiger partial charge is 0.251 e. The minimum absolute atomic E-state index is 0.0611. The first-order valence-electron chi connectivity index (χ1n) is 10.9. The van der Waals surface area contributed by atoms with Crippen LogP contribution < -0.4 is 5.32 Å². The van der Waals surface area contributed by atoms with Crippen molar-refractivity contribution < 1.29 is 9.53 Å². The molecule has 2 aromatic carbocycles. The van der Waals surface area contributed by atoms with Gasteiger partial charge in [-0.3, -0.25) is 14.4 Å². The number of carbonyl (C=O) groups excluding carboxylic acids is 1. The first-order valence-corrected chi connectivity index (χ1v) is 10.9. The van der Waals surface area contributed by atoms with Crippen LogP contribution in [0.4, 0.5) is 0 Å². The number of aromatic nitrogens is 2. The number of nitrogens with one attached hydrogen (secondary N) is 1. The van der Waals surface area contributed by atoms with Crippen molar-refractivity contribution in [2.45, 2.75) is 45.7 Å². The van der Waals surface area contributed by atoms with Crippen LogP contribution in [-0.2, 0) is 24.4 Å². The monoisotopic (exact) mass is 418 g/mol. The van der Waals surface area contributed by atoms with E-state index in [2.05, 4.69) is 35.2 Å². The van der Waals surface area contributed by atoms with Crippen LogP contribution >= 0.6 is 0 Å². The van der Waals surface area contributed by atoms with Crippen molar-refractivity contribution >= 4 is 5.91 Å². The Morgan fingerprint density at radius 3 is 2.39 bits per heavy atom. The zero-order valence-electron chi connectivity index (χ0n) is 18.2. The fraction of sp³-hybridized carbons (Fsp3) is 0.360. The van der Waals surface area contributed by atoms with E-state index in [1.807, 2.05) is 59.4 Å². The summed E-state index contributed by atoms with van der Waals surface area (Å²) >= 11 is 0. The highest BCUT2D eigenvalue weighted by Crippen LogP contribution is 2.15. The summed E-state index contributed by atoms with van der Waals surface area (Å²) in [5.74, 6) is -0.0611. The Morgan fingerprint density at radius 2 is 1.71 bits per heavy atom. The molecule has 0 spiro atoms. The molecule has 6 nitrogen and oxygen atoms in total. The van der Waals surface area contributed by atoms with Gasteiger partial charge in [0, 0.05) is 44.1 Å². The number of ether oxygens (including phenoxy) is 1. The van der Waals surface area contributed by atoms with Crippen LogP contribution in [0.15, 0.2) is 67.0 Å². The lowest BCUT2D eigenvalue weighted by Crippen LogP contribution is -2.44. The van der Waals surface area contributed by atoms with Gasteiger partial charge in [0.05, 0.1) is 18.8 Å². The van der Waals surface area contributed by atoms with Gasteiger partial charge >= 0.3 is 0 Å². The molecule has 6 heteroatoms. The van der Waals surface area contributed by atoms with E-state index in [0.29, 0.717) is 18.7 Å². The maximum absolute atomic E-state index is 12.7. The molecule has 1 saturated heterocycles. The van der Waals surface area contributed by atoms with Crippen molar-refractivity contribution in [2.75, 3.05) is 13.1 Å². The molecule has 0 aliphatic carbocycles. The van der Waals surface area contributed by atoms with Crippen molar-refractivity contribution in [1.29, 1.82) is 0 Å². The molecule has 3 aromatic rings. The molecule has 4 rings (SSSR count). The maximum atomic E-state index is 12.7. The lowest BCUT2D eigenvalue weighted by molar-refractivity contribution is -0.0704. The Balaban J connectivity index is 1.33. The summed E-state index contributed by atoms with van der Waals surface area (Å²) in [7, 11) is 0. The number of nitrogens with zero attached hydrogens (tertiary/aromatic N) is 3. The van der Waals surface area contributed by atoms with Crippen LogP contribution in [0, 0.1) is 0 Å². The Bertz CT molecular complexity index is 975. The number of benzene rings is 2. The second-order valence-electron chi connectivity index (χ2n) is 8.30. The largest absolute Gasteiger partial charge is 0.373 e. The van der Waals surface area contributed by atoms with Crippen molar-refractivity contribution in [2.24, 2.45) is 0 Å². The van der Waals surface area contributed by atoms with Crippen LogP contribution in [0.25, 0.3) is 0 Å². The zero-order chi connectivity index (χ0) is 21.6. The van der Waals surface area contributed by atoms with E-state index < -0.39 is 0 Å². The molecule has 1 aliphatic rings. The third-order valence-corrected chi connectivity index (χ3v) is 5.57. The highest BCUT2D eigenvalue weighted by atomic mass is 16.5. The van der Waals surface area contributed by atoms with Crippen LogP contribution in [0.5, 0.6) is 0 Å². The van der Waals surface area contributed by atoms with Crippen molar-refractivity contribution in [3.05, 3.63) is 89.2 Å². The van der Waals surface area contributed by atoms with E-state index in [4.69, 9.17) is 4.74 Å². The molecule has 1 amide bonds. The molecule has 0 radical (unpaired) electrons. The first-order chi connectivity index (χ1) is 15.1. The van der Waals surface area contributed by atoms with Gasteiger partial charge in [0.25, 0.3) is 5.91 Å². The van der Waals surface area contributed by atoms with Gasteiger partial charge in [0.1, 0.15) is 0 Å². The highest BCUT2D eigenvalue weighted by molar-refractivity contribution is 5.94. The molecule has 0 bridgehead atoms. The summed E-state index contributed by atoms with van der Waals surface area (Å²) in [6, 6.07) is 18.0. The average molecular weight is 419 g/mol. The van der Waals surface area contributed by atoms with Crippen LogP contribution in [0.1, 0.15) is 40.9 Å². The van der Waals surface area contributed by atoms with Crippen LogP contribution in [0.3, 0.4) is 0 Å². The Morgan fingerprint density at radius 1 is 1.00 bits per heavy atom. The van der Waals surface area contributed by atoms with Gasteiger partial charge in [-0.15, -0.1) is 0 Å². The van der Waals surface area contributed by atoms with E-state index in [9.17, 15) is 4.79 Å². The fourth-order valence-corrected chi connectivity index (χ4v) is 4.16. The third kappa shape index (κ3) is 5.81. The molecule has 2 atom stereocenters. The molecule has 2 heterocycles. The summed E-state index contributed by atoms with van der Waals surface area (Å²) < 4.78 is 7.69. The molecular weight excluding hydrogens is 388 g/mol. The molecule has 1 fully saturated rings. The van der Waals surface area contributed by atoms with Crippen molar-refractivity contribution in [3.8, 4) is 0 Å². The van der Waals surface area contributed by atoms with Gasteiger partial charge in [-0.2, -0.15) is 5.10 Å². The Hall–Kier alpha value is -2.96. The van der Waals surface area contributed by atoms with Crippen LogP contribution in [-0.4, -0.2) is 45.9 Å². The lowest BCUT2D eigenvalue weighted by atomic mass is 10.1. The summed E-state index contributed by atoms with van der Waals surface area (Å²) in [6.07, 6.45) is 4.22. The van der Waals surface area contributed by atoms with Gasteiger partial charge < -0.3 is 10.1 Å². The molecule has 1 aliphatic heterocycles. The van der Waals surface area contributed by atoms with E-state index in [-0.39, 0.29) is 18.1 Å². The van der Waals surface area contributed by atoms with Gasteiger partial charge in [0.15, 0.2) is 0 Å². The van der Waals surface area contributed by atoms with Gasteiger partial charge in [0.2, 0.25) is 0 Å². The van der Waals surface area contributed by atoms with E-state index in [1.54, 1.807) is 6.20 Å². The summed E-state index contributed by atoms with van der Waals surface area (Å²) in [4.78, 5) is 15.1. The highest BCUT2D eigenvalue weighted by Gasteiger charge is 2.22. The Labute approximate surface area is 183 Å². The SMILES string of the molecule is CC1CN(Cc2ccc(C(=O)NCc3ccccc3Cn3cccn3)cc2)CC(C)O1. The molecular formula is C25H30N4O2. The quantitative estimate of drug-likeness (QED) is 0.638. The Kier molecular flexibility index (Phi) is 6.79. The normalized spacial score (nSPS) is 19.3. The topological polar surface area (TPSA) is 59.4 Å². The molecule has 31 heavy (non-hydrogen) atoms. The minimum Gasteiger partial charge on any atom is -0.373 e. The molecule has 1 aromatic heterocycles. The first kappa shape index (κ1) is 21.3. The molecule has 1 N–H and O–H groups in total. The fourth-order valence-electron chi connectivity index (χ4n) is 4.16. The zero-order valence-corrected chi connectivity index (χ0v) is 18.2. The number of morpholine rings is 1. The standard InChI is InChI=1S/C25H30N4O2/c1-19-15-28(16-20(2)31-19)17-21-8-10-22(11-9-21)25(30)26-14-23-6-3-4-7-24(23)18-29-13-5-12-27-29/h3-13,19-20H,14-18H2,1-2H3,(H,26,30). The molecule has 162 valence electrons. The molecule has 2 unspecified atom stereocenters. The minimum atomic E-state index is -0.0611. The second kappa shape index (κ2) is 9.90. The lowest BCUT2D eigenvalue weighted by Gasteiger charge is -2.35. The van der Waals surface area contributed by atoms with Crippen molar-refractivity contribution in [3.63, 3.8) is 0 Å². The predicted molar refractivity (Wildman–Crippen MR) is 121 cm³/mol. The summed E-state index contributed by atoms with van der Waals surface area (Å²) in [6.45, 7) is 8.15. The number of hydrogen-bond donors (Lipinski definition) is 1. The van der Waals surface area contributed by atoms with Gasteiger partial charge in [-0.1, -0.05) is 36.4 Å². The second-order valence-corrected chi connectivity index (χ2v) is 8.30. The van der Waals surface area contributed by atoms with E-state index >= 15 is 0 Å². The third-order valence-electron chi connectivity index (χ3n) is 5.57. The number of carbonyl (C=O) groups is 1. The predicted octanol–water partition coefficient (Wildman–Crippen LogP) is 3.47. The number of hydrogen-bond acceptors (Lipinski definition) is 4.